The molecule has 0 bridgehead atoms. The molecule has 3 rings (SSSR count). The van der Waals surface area contributed by atoms with Crippen LogP contribution in [-0.4, -0.2) is 25.0 Å². The number of esters is 2. The average molecular weight is 325 g/mol. The van der Waals surface area contributed by atoms with E-state index >= 15 is 0 Å². The van der Waals surface area contributed by atoms with Crippen molar-refractivity contribution < 1.29 is 23.9 Å². The Morgan fingerprint density at radius 1 is 1.17 bits per heavy atom. The van der Waals surface area contributed by atoms with Crippen molar-refractivity contribution in [2.75, 3.05) is 12.4 Å². The molecule has 1 aliphatic heterocycles. The van der Waals surface area contributed by atoms with Gasteiger partial charge in [-0.3, -0.25) is 4.79 Å². The summed E-state index contributed by atoms with van der Waals surface area (Å²) < 4.78 is 9.89. The van der Waals surface area contributed by atoms with Crippen LogP contribution < -0.4 is 5.32 Å². The van der Waals surface area contributed by atoms with Gasteiger partial charge >= 0.3 is 11.9 Å². The zero-order valence-electron chi connectivity index (χ0n) is 12.9. The van der Waals surface area contributed by atoms with Crippen molar-refractivity contribution in [1.82, 2.24) is 0 Å². The summed E-state index contributed by atoms with van der Waals surface area (Å²) in [7, 11) is 1.29. The predicted octanol–water partition coefficient (Wildman–Crippen LogP) is 2.71. The van der Waals surface area contributed by atoms with Gasteiger partial charge < -0.3 is 14.8 Å². The van der Waals surface area contributed by atoms with Gasteiger partial charge in [-0.1, -0.05) is 24.3 Å². The molecule has 2 aromatic carbocycles. The first-order chi connectivity index (χ1) is 11.6. The fourth-order valence-electron chi connectivity index (χ4n) is 2.59. The van der Waals surface area contributed by atoms with Crippen molar-refractivity contribution >= 4 is 23.5 Å². The molecule has 24 heavy (non-hydrogen) atoms. The van der Waals surface area contributed by atoms with Gasteiger partial charge in [0.05, 0.1) is 24.7 Å². The standard InChI is InChI=1S/C18H15NO5/c1-23-17(21)11-5-4-6-12(9-11)19-16(20)10-15-13-7-2-3-8-14(13)18(22)24-15/h2-9,15H,10H2,1H3,(H,19,20)/t15-/m1/s1. The van der Waals surface area contributed by atoms with Gasteiger partial charge in [-0.05, 0) is 24.3 Å². The molecule has 1 aliphatic rings. The van der Waals surface area contributed by atoms with Gasteiger partial charge in [0.15, 0.2) is 0 Å². The molecule has 1 N–H and O–H groups in total. The maximum Gasteiger partial charge on any atom is 0.339 e. The van der Waals surface area contributed by atoms with Crippen LogP contribution >= 0.6 is 0 Å². The fourth-order valence-corrected chi connectivity index (χ4v) is 2.59. The number of fused-ring (bicyclic) bond motifs is 1. The summed E-state index contributed by atoms with van der Waals surface area (Å²) in [6, 6.07) is 13.4. The third kappa shape index (κ3) is 3.12. The Bertz CT molecular complexity index is 815. The Morgan fingerprint density at radius 2 is 1.96 bits per heavy atom. The molecule has 2 aromatic rings. The zero-order chi connectivity index (χ0) is 17.1. The summed E-state index contributed by atoms with van der Waals surface area (Å²) in [6.45, 7) is 0. The monoisotopic (exact) mass is 325 g/mol. The third-order valence-electron chi connectivity index (χ3n) is 3.72. The van der Waals surface area contributed by atoms with Crippen LogP contribution in [-0.2, 0) is 14.3 Å². The molecule has 0 unspecified atom stereocenters. The Morgan fingerprint density at radius 3 is 2.75 bits per heavy atom. The van der Waals surface area contributed by atoms with Gasteiger partial charge in [0.2, 0.25) is 5.91 Å². The van der Waals surface area contributed by atoms with Crippen LogP contribution in [0.5, 0.6) is 0 Å². The highest BCUT2D eigenvalue weighted by molar-refractivity contribution is 5.97. The van der Waals surface area contributed by atoms with E-state index in [9.17, 15) is 14.4 Å². The quantitative estimate of drug-likeness (QED) is 0.874. The van der Waals surface area contributed by atoms with Crippen molar-refractivity contribution in [3.05, 3.63) is 65.2 Å². The molecule has 0 saturated carbocycles. The minimum absolute atomic E-state index is 0.00516. The number of amides is 1. The van der Waals surface area contributed by atoms with E-state index in [1.54, 1.807) is 42.5 Å². The molecule has 0 radical (unpaired) electrons. The number of benzene rings is 2. The van der Waals surface area contributed by atoms with Crippen molar-refractivity contribution in [1.29, 1.82) is 0 Å². The molecule has 6 nitrogen and oxygen atoms in total. The van der Waals surface area contributed by atoms with Crippen molar-refractivity contribution in [2.24, 2.45) is 0 Å². The number of anilines is 1. The van der Waals surface area contributed by atoms with Crippen LogP contribution in [0.4, 0.5) is 5.69 Å². The molecule has 0 fully saturated rings. The summed E-state index contributed by atoms with van der Waals surface area (Å²) in [6.07, 6.45) is -0.594. The van der Waals surface area contributed by atoms with Gasteiger partial charge in [0.25, 0.3) is 0 Å². The molecular formula is C18H15NO5. The second-order valence-corrected chi connectivity index (χ2v) is 5.31. The van der Waals surface area contributed by atoms with E-state index < -0.39 is 18.0 Å². The normalized spacial score (nSPS) is 15.4. The number of methoxy groups -OCH3 is 1. The first kappa shape index (κ1) is 15.7. The predicted molar refractivity (Wildman–Crippen MR) is 85.6 cm³/mol. The topological polar surface area (TPSA) is 81.7 Å². The van der Waals surface area contributed by atoms with E-state index in [-0.39, 0.29) is 12.3 Å². The summed E-state index contributed by atoms with van der Waals surface area (Å²) in [5.74, 6) is -1.22. The molecule has 0 aromatic heterocycles. The number of carbonyl (C=O) groups is 3. The summed E-state index contributed by atoms with van der Waals surface area (Å²) in [5, 5.41) is 2.70. The average Bonchev–Trinajstić information content (AvgIpc) is 2.90. The summed E-state index contributed by atoms with van der Waals surface area (Å²) >= 11 is 0. The van der Waals surface area contributed by atoms with Gasteiger partial charge in [0.1, 0.15) is 6.10 Å². The molecule has 6 heteroatoms. The Kier molecular flexibility index (Phi) is 4.29. The number of rotatable bonds is 4. The SMILES string of the molecule is COC(=O)c1cccc(NC(=O)C[C@H]2OC(=O)c3ccccc32)c1. The van der Waals surface area contributed by atoms with Crippen LogP contribution in [0.15, 0.2) is 48.5 Å². The van der Waals surface area contributed by atoms with E-state index in [4.69, 9.17) is 4.74 Å². The van der Waals surface area contributed by atoms with E-state index in [0.29, 0.717) is 22.4 Å². The lowest BCUT2D eigenvalue weighted by Gasteiger charge is -2.11. The number of nitrogens with one attached hydrogen (secondary N) is 1. The minimum Gasteiger partial charge on any atom is -0.465 e. The van der Waals surface area contributed by atoms with Crippen molar-refractivity contribution in [3.63, 3.8) is 0 Å². The summed E-state index contributed by atoms with van der Waals surface area (Å²) in [4.78, 5) is 35.5. The maximum atomic E-state index is 12.2. The molecule has 0 saturated heterocycles. The minimum atomic E-state index is -0.600. The van der Waals surface area contributed by atoms with E-state index in [2.05, 4.69) is 10.1 Å². The van der Waals surface area contributed by atoms with E-state index in [0.717, 1.165) is 0 Å². The van der Waals surface area contributed by atoms with Crippen LogP contribution in [0.2, 0.25) is 0 Å². The Labute approximate surface area is 138 Å². The lowest BCUT2D eigenvalue weighted by molar-refractivity contribution is -0.118. The number of cyclic esters (lactones) is 1. The van der Waals surface area contributed by atoms with Crippen LogP contribution in [0, 0.1) is 0 Å². The molecule has 1 amide bonds. The number of hydrogen-bond acceptors (Lipinski definition) is 5. The van der Waals surface area contributed by atoms with Gasteiger partial charge in [-0.2, -0.15) is 0 Å². The van der Waals surface area contributed by atoms with E-state index in [1.165, 1.54) is 13.2 Å². The second-order valence-electron chi connectivity index (χ2n) is 5.31. The molecule has 122 valence electrons. The molecule has 1 heterocycles. The van der Waals surface area contributed by atoms with Gasteiger partial charge in [0, 0.05) is 11.3 Å². The lowest BCUT2D eigenvalue weighted by Crippen LogP contribution is -2.16. The van der Waals surface area contributed by atoms with Gasteiger partial charge in [-0.15, -0.1) is 0 Å². The fraction of sp³-hybridized carbons (Fsp3) is 0.167. The van der Waals surface area contributed by atoms with Crippen LogP contribution in [0.3, 0.4) is 0 Å². The number of hydrogen-bond donors (Lipinski definition) is 1. The van der Waals surface area contributed by atoms with Crippen LogP contribution in [0.25, 0.3) is 0 Å². The van der Waals surface area contributed by atoms with Crippen molar-refractivity contribution in [2.45, 2.75) is 12.5 Å². The van der Waals surface area contributed by atoms with Crippen molar-refractivity contribution in [3.8, 4) is 0 Å². The third-order valence-corrected chi connectivity index (χ3v) is 3.72. The zero-order valence-corrected chi connectivity index (χ0v) is 12.9. The molecular weight excluding hydrogens is 310 g/mol. The molecule has 1 atom stereocenters. The Hall–Kier alpha value is -3.15. The summed E-state index contributed by atoms with van der Waals surface area (Å²) in [5.41, 5.74) is 2.01. The first-order valence-electron chi connectivity index (χ1n) is 7.36. The molecule has 0 aliphatic carbocycles. The first-order valence-corrected chi connectivity index (χ1v) is 7.36. The second kappa shape index (κ2) is 6.54. The number of ether oxygens (including phenoxy) is 2. The largest absolute Gasteiger partial charge is 0.465 e. The maximum absolute atomic E-state index is 12.2. The smallest absolute Gasteiger partial charge is 0.339 e. The molecule has 0 spiro atoms. The number of carbonyl (C=O) groups excluding carboxylic acids is 3. The van der Waals surface area contributed by atoms with E-state index in [1.807, 2.05) is 0 Å². The highest BCUT2D eigenvalue weighted by atomic mass is 16.5. The highest BCUT2D eigenvalue weighted by Crippen LogP contribution is 2.32. The Balaban J connectivity index is 1.69. The van der Waals surface area contributed by atoms with Gasteiger partial charge in [-0.25, -0.2) is 9.59 Å². The lowest BCUT2D eigenvalue weighted by atomic mass is 10.0. The van der Waals surface area contributed by atoms with Crippen LogP contribution in [0.1, 0.15) is 38.8 Å². The highest BCUT2D eigenvalue weighted by Gasteiger charge is 2.32.